The maximum Gasteiger partial charge on any atom is 0.336 e. The van der Waals surface area contributed by atoms with Crippen LogP contribution in [0.4, 0.5) is 0 Å². The van der Waals surface area contributed by atoms with Crippen molar-refractivity contribution in [1.29, 1.82) is 0 Å². The summed E-state index contributed by atoms with van der Waals surface area (Å²) in [6.45, 7) is 0.702. The van der Waals surface area contributed by atoms with Crippen molar-refractivity contribution in [3.05, 3.63) is 78.1 Å². The Balaban J connectivity index is 1.89. The van der Waals surface area contributed by atoms with Gasteiger partial charge in [-0.2, -0.15) is 5.10 Å². The molecule has 0 aliphatic carbocycles. The summed E-state index contributed by atoms with van der Waals surface area (Å²) in [5, 5.41) is 13.4. The quantitative estimate of drug-likeness (QED) is 0.796. The molecule has 0 atom stereocenters. The van der Waals surface area contributed by atoms with Crippen molar-refractivity contribution < 1.29 is 9.90 Å². The summed E-state index contributed by atoms with van der Waals surface area (Å²) in [6.07, 6.45) is 3.66. The predicted octanol–water partition coefficient (Wildman–Crippen LogP) is 3.30. The fourth-order valence-electron chi connectivity index (χ4n) is 2.29. The second-order valence-electron chi connectivity index (χ2n) is 4.75. The lowest BCUT2D eigenvalue weighted by molar-refractivity contribution is 0.0697. The fourth-order valence-corrected chi connectivity index (χ4v) is 2.29. The smallest absolute Gasteiger partial charge is 0.336 e. The molecule has 0 amide bonds. The third kappa shape index (κ3) is 2.84. The van der Waals surface area contributed by atoms with Gasteiger partial charge in [0.25, 0.3) is 0 Å². The van der Waals surface area contributed by atoms with Gasteiger partial charge in [-0.3, -0.25) is 4.68 Å². The summed E-state index contributed by atoms with van der Waals surface area (Å²) in [7, 11) is 0. The van der Waals surface area contributed by atoms with Crippen LogP contribution in [0.5, 0.6) is 0 Å². The number of hydrogen-bond donors (Lipinski definition) is 1. The minimum absolute atomic E-state index is 0.317. The van der Waals surface area contributed by atoms with E-state index in [0.717, 1.165) is 16.7 Å². The van der Waals surface area contributed by atoms with E-state index in [-0.39, 0.29) is 0 Å². The normalized spacial score (nSPS) is 10.5. The van der Waals surface area contributed by atoms with Crippen molar-refractivity contribution in [2.24, 2.45) is 0 Å². The summed E-state index contributed by atoms with van der Waals surface area (Å²) in [5.41, 5.74) is 3.07. The predicted molar refractivity (Wildman–Crippen MR) is 80.2 cm³/mol. The zero-order chi connectivity index (χ0) is 14.7. The molecule has 0 saturated carbocycles. The molecule has 0 aliphatic rings. The Morgan fingerprint density at radius 3 is 2.48 bits per heavy atom. The maximum absolute atomic E-state index is 11.3. The molecular formula is C17H14N2O2. The van der Waals surface area contributed by atoms with Crippen LogP contribution in [0.3, 0.4) is 0 Å². The van der Waals surface area contributed by atoms with E-state index in [1.807, 2.05) is 53.3 Å². The standard InChI is InChI=1S/C17H14N2O2/c20-17(21)16-5-2-1-4-15(16)14-8-6-13(7-9-14)12-19-11-3-10-18-19/h1-11H,12H2,(H,20,21). The number of benzene rings is 2. The highest BCUT2D eigenvalue weighted by Gasteiger charge is 2.10. The van der Waals surface area contributed by atoms with Gasteiger partial charge in [-0.15, -0.1) is 0 Å². The molecule has 0 spiro atoms. The first-order valence-corrected chi connectivity index (χ1v) is 6.63. The number of rotatable bonds is 4. The lowest BCUT2D eigenvalue weighted by Gasteiger charge is -2.07. The first kappa shape index (κ1) is 13.1. The topological polar surface area (TPSA) is 55.1 Å². The van der Waals surface area contributed by atoms with Crippen molar-refractivity contribution >= 4 is 5.97 Å². The molecule has 1 N–H and O–H groups in total. The van der Waals surface area contributed by atoms with E-state index < -0.39 is 5.97 Å². The number of aromatic nitrogens is 2. The van der Waals surface area contributed by atoms with Gasteiger partial charge in [0.1, 0.15) is 0 Å². The lowest BCUT2D eigenvalue weighted by Crippen LogP contribution is -2.00. The molecular weight excluding hydrogens is 264 g/mol. The van der Waals surface area contributed by atoms with Crippen molar-refractivity contribution in [2.45, 2.75) is 6.54 Å². The molecule has 0 bridgehead atoms. The van der Waals surface area contributed by atoms with Gasteiger partial charge in [0.2, 0.25) is 0 Å². The van der Waals surface area contributed by atoms with Crippen LogP contribution in [0.2, 0.25) is 0 Å². The van der Waals surface area contributed by atoms with Gasteiger partial charge < -0.3 is 5.11 Å². The van der Waals surface area contributed by atoms with Crippen LogP contribution in [0, 0.1) is 0 Å². The van der Waals surface area contributed by atoms with E-state index in [1.165, 1.54) is 0 Å². The van der Waals surface area contributed by atoms with Gasteiger partial charge in [0.15, 0.2) is 0 Å². The first-order chi connectivity index (χ1) is 10.2. The minimum Gasteiger partial charge on any atom is -0.478 e. The SMILES string of the molecule is O=C(O)c1ccccc1-c1ccc(Cn2cccn2)cc1. The maximum atomic E-state index is 11.3. The van der Waals surface area contributed by atoms with Gasteiger partial charge in [0, 0.05) is 12.4 Å². The third-order valence-electron chi connectivity index (χ3n) is 3.33. The van der Waals surface area contributed by atoms with Crippen LogP contribution < -0.4 is 0 Å². The van der Waals surface area contributed by atoms with E-state index in [2.05, 4.69) is 5.10 Å². The zero-order valence-electron chi connectivity index (χ0n) is 11.3. The molecule has 0 saturated heterocycles. The Morgan fingerprint density at radius 1 is 1.05 bits per heavy atom. The van der Waals surface area contributed by atoms with Gasteiger partial charge in [0.05, 0.1) is 12.1 Å². The highest BCUT2D eigenvalue weighted by molar-refractivity contribution is 5.95. The van der Waals surface area contributed by atoms with Crippen LogP contribution in [-0.2, 0) is 6.54 Å². The third-order valence-corrected chi connectivity index (χ3v) is 3.33. The molecule has 0 aliphatic heterocycles. The van der Waals surface area contributed by atoms with Crippen molar-refractivity contribution in [3.8, 4) is 11.1 Å². The second-order valence-corrected chi connectivity index (χ2v) is 4.75. The second kappa shape index (κ2) is 5.63. The molecule has 0 unspecified atom stereocenters. The van der Waals surface area contributed by atoms with Gasteiger partial charge in [-0.05, 0) is 28.8 Å². The van der Waals surface area contributed by atoms with E-state index in [4.69, 9.17) is 0 Å². The first-order valence-electron chi connectivity index (χ1n) is 6.63. The molecule has 4 heteroatoms. The Bertz CT molecular complexity index is 747. The lowest BCUT2D eigenvalue weighted by atomic mass is 9.99. The van der Waals surface area contributed by atoms with Gasteiger partial charge >= 0.3 is 5.97 Å². The van der Waals surface area contributed by atoms with E-state index in [0.29, 0.717) is 12.1 Å². The molecule has 0 radical (unpaired) electrons. The molecule has 4 nitrogen and oxygen atoms in total. The zero-order valence-corrected chi connectivity index (χ0v) is 11.3. The summed E-state index contributed by atoms with van der Waals surface area (Å²) in [6, 6.07) is 16.8. The summed E-state index contributed by atoms with van der Waals surface area (Å²) < 4.78 is 1.85. The highest BCUT2D eigenvalue weighted by Crippen LogP contribution is 2.24. The number of aromatic carboxylic acids is 1. The van der Waals surface area contributed by atoms with E-state index >= 15 is 0 Å². The Morgan fingerprint density at radius 2 is 1.81 bits per heavy atom. The molecule has 0 fully saturated rings. The molecule has 104 valence electrons. The Kier molecular flexibility index (Phi) is 3.51. The van der Waals surface area contributed by atoms with E-state index in [1.54, 1.807) is 18.3 Å². The van der Waals surface area contributed by atoms with Crippen molar-refractivity contribution in [3.63, 3.8) is 0 Å². The number of carboxylic acid groups (broad SMARTS) is 1. The minimum atomic E-state index is -0.911. The summed E-state index contributed by atoms with van der Waals surface area (Å²) in [5.74, 6) is -0.911. The van der Waals surface area contributed by atoms with Crippen LogP contribution in [0.1, 0.15) is 15.9 Å². The molecule has 1 heterocycles. The van der Waals surface area contributed by atoms with Crippen molar-refractivity contribution in [2.75, 3.05) is 0 Å². The monoisotopic (exact) mass is 278 g/mol. The molecule has 1 aromatic heterocycles. The van der Waals surface area contributed by atoms with Gasteiger partial charge in [-0.1, -0.05) is 42.5 Å². The highest BCUT2D eigenvalue weighted by atomic mass is 16.4. The number of carboxylic acids is 1. The molecule has 2 aromatic carbocycles. The van der Waals surface area contributed by atoms with Crippen LogP contribution >= 0.6 is 0 Å². The molecule has 21 heavy (non-hydrogen) atoms. The average molecular weight is 278 g/mol. The van der Waals surface area contributed by atoms with Crippen molar-refractivity contribution in [1.82, 2.24) is 9.78 Å². The number of hydrogen-bond acceptors (Lipinski definition) is 2. The average Bonchev–Trinajstić information content (AvgIpc) is 3.01. The summed E-state index contributed by atoms with van der Waals surface area (Å²) >= 11 is 0. The van der Waals surface area contributed by atoms with Gasteiger partial charge in [-0.25, -0.2) is 4.79 Å². The van der Waals surface area contributed by atoms with Crippen LogP contribution in [-0.4, -0.2) is 20.9 Å². The summed E-state index contributed by atoms with van der Waals surface area (Å²) in [4.78, 5) is 11.3. The number of carbonyl (C=O) groups is 1. The Hall–Kier alpha value is -2.88. The largest absolute Gasteiger partial charge is 0.478 e. The Labute approximate surface area is 122 Å². The fraction of sp³-hybridized carbons (Fsp3) is 0.0588. The molecule has 3 aromatic rings. The molecule has 3 rings (SSSR count). The van der Waals surface area contributed by atoms with E-state index in [9.17, 15) is 9.90 Å². The van der Waals surface area contributed by atoms with Crippen LogP contribution in [0.25, 0.3) is 11.1 Å². The number of nitrogens with zero attached hydrogens (tertiary/aromatic N) is 2. The van der Waals surface area contributed by atoms with Crippen LogP contribution in [0.15, 0.2) is 67.0 Å².